The summed E-state index contributed by atoms with van der Waals surface area (Å²) in [5, 5.41) is 3.02. The predicted molar refractivity (Wildman–Crippen MR) is 103 cm³/mol. The molecule has 2 aromatic heterocycles. The van der Waals surface area contributed by atoms with E-state index in [1.807, 2.05) is 19.1 Å². The van der Waals surface area contributed by atoms with E-state index in [9.17, 15) is 4.79 Å². The third kappa shape index (κ3) is 4.00. The molecular formula is C20H27N5O. The molecule has 0 spiro atoms. The van der Waals surface area contributed by atoms with Gasteiger partial charge in [0, 0.05) is 54.8 Å². The summed E-state index contributed by atoms with van der Waals surface area (Å²) in [6.07, 6.45) is 6.24. The van der Waals surface area contributed by atoms with Crippen LogP contribution >= 0.6 is 0 Å². The number of carbonyl (C=O) groups is 1. The van der Waals surface area contributed by atoms with Gasteiger partial charge in [0.05, 0.1) is 0 Å². The van der Waals surface area contributed by atoms with Crippen LogP contribution in [0.1, 0.15) is 37.4 Å². The number of carbonyl (C=O) groups excluding carboxylic acids is 1. The molecule has 6 nitrogen and oxygen atoms in total. The lowest BCUT2D eigenvalue weighted by Gasteiger charge is -2.33. The monoisotopic (exact) mass is 353 g/mol. The molecule has 138 valence electrons. The molecule has 0 bridgehead atoms. The van der Waals surface area contributed by atoms with Gasteiger partial charge in [0.2, 0.25) is 5.91 Å². The molecule has 1 aliphatic heterocycles. The van der Waals surface area contributed by atoms with Crippen LogP contribution in [0.4, 0.5) is 5.82 Å². The van der Waals surface area contributed by atoms with E-state index in [-0.39, 0.29) is 11.8 Å². The van der Waals surface area contributed by atoms with E-state index in [1.54, 1.807) is 12.4 Å². The first kappa shape index (κ1) is 18.3. The minimum atomic E-state index is 0.110. The van der Waals surface area contributed by atoms with Crippen molar-refractivity contribution in [2.75, 3.05) is 24.5 Å². The number of anilines is 1. The number of piperidine rings is 1. The molecule has 0 aliphatic carbocycles. The highest BCUT2D eigenvalue weighted by Gasteiger charge is 2.26. The molecule has 3 heterocycles. The first-order chi connectivity index (χ1) is 12.6. The van der Waals surface area contributed by atoms with Gasteiger partial charge in [0.1, 0.15) is 5.82 Å². The van der Waals surface area contributed by atoms with Crippen LogP contribution in [0.5, 0.6) is 0 Å². The van der Waals surface area contributed by atoms with E-state index in [4.69, 9.17) is 4.98 Å². The number of amides is 1. The molecule has 1 aliphatic rings. The quantitative estimate of drug-likeness (QED) is 0.895. The van der Waals surface area contributed by atoms with Crippen LogP contribution in [0.15, 0.2) is 24.5 Å². The summed E-state index contributed by atoms with van der Waals surface area (Å²) in [5.74, 6) is 1.99. The molecule has 0 unspecified atom stereocenters. The molecule has 0 atom stereocenters. The molecule has 0 aromatic carbocycles. The van der Waals surface area contributed by atoms with Gasteiger partial charge in [-0.3, -0.25) is 9.78 Å². The van der Waals surface area contributed by atoms with Gasteiger partial charge in [0.25, 0.3) is 0 Å². The Labute approximate surface area is 155 Å². The maximum atomic E-state index is 12.2. The fourth-order valence-electron chi connectivity index (χ4n) is 3.29. The summed E-state index contributed by atoms with van der Waals surface area (Å²) in [7, 11) is 0. The molecular weight excluding hydrogens is 326 g/mol. The van der Waals surface area contributed by atoms with Crippen LogP contribution in [0.3, 0.4) is 0 Å². The van der Waals surface area contributed by atoms with Gasteiger partial charge in [-0.2, -0.15) is 0 Å². The lowest BCUT2D eigenvalue weighted by atomic mass is 9.95. The molecule has 1 saturated heterocycles. The zero-order valence-electron chi connectivity index (χ0n) is 15.8. The summed E-state index contributed by atoms with van der Waals surface area (Å²) < 4.78 is 0. The van der Waals surface area contributed by atoms with Crippen LogP contribution in [-0.2, 0) is 4.79 Å². The second kappa shape index (κ2) is 8.25. The summed E-state index contributed by atoms with van der Waals surface area (Å²) >= 11 is 0. The number of aryl methyl sites for hydroxylation is 1. The Morgan fingerprint density at radius 1 is 1.27 bits per heavy atom. The van der Waals surface area contributed by atoms with Crippen molar-refractivity contribution in [1.29, 1.82) is 0 Å². The van der Waals surface area contributed by atoms with E-state index in [0.717, 1.165) is 61.5 Å². The van der Waals surface area contributed by atoms with E-state index in [2.05, 4.69) is 34.0 Å². The number of aromatic nitrogens is 3. The highest BCUT2D eigenvalue weighted by atomic mass is 16.1. The minimum absolute atomic E-state index is 0.110. The first-order valence-electron chi connectivity index (χ1n) is 9.38. The van der Waals surface area contributed by atoms with Gasteiger partial charge >= 0.3 is 0 Å². The second-order valence-corrected chi connectivity index (χ2v) is 6.88. The van der Waals surface area contributed by atoms with Crippen LogP contribution in [0.25, 0.3) is 11.4 Å². The number of hydrogen-bond donors (Lipinski definition) is 1. The van der Waals surface area contributed by atoms with Gasteiger partial charge in [-0.15, -0.1) is 0 Å². The molecule has 6 heteroatoms. The Bertz CT molecular complexity index is 754. The van der Waals surface area contributed by atoms with Crippen LogP contribution in [0, 0.1) is 19.8 Å². The molecule has 0 saturated carbocycles. The average Bonchev–Trinajstić information content (AvgIpc) is 2.69. The van der Waals surface area contributed by atoms with Crippen molar-refractivity contribution in [3.63, 3.8) is 0 Å². The number of nitrogens with zero attached hydrogens (tertiary/aromatic N) is 4. The summed E-state index contributed by atoms with van der Waals surface area (Å²) in [5.41, 5.74) is 3.01. The van der Waals surface area contributed by atoms with Crippen molar-refractivity contribution in [3.05, 3.63) is 35.8 Å². The van der Waals surface area contributed by atoms with Gasteiger partial charge in [-0.25, -0.2) is 9.97 Å². The highest BCUT2D eigenvalue weighted by molar-refractivity contribution is 5.79. The second-order valence-electron chi connectivity index (χ2n) is 6.88. The van der Waals surface area contributed by atoms with Crippen molar-refractivity contribution < 1.29 is 4.79 Å². The topological polar surface area (TPSA) is 71.0 Å². The Hall–Kier alpha value is -2.50. The van der Waals surface area contributed by atoms with Crippen molar-refractivity contribution >= 4 is 11.7 Å². The largest absolute Gasteiger partial charge is 0.356 e. The van der Waals surface area contributed by atoms with Crippen LogP contribution in [-0.4, -0.2) is 40.5 Å². The van der Waals surface area contributed by atoms with Crippen molar-refractivity contribution in [2.24, 2.45) is 5.92 Å². The molecule has 1 N–H and O–H groups in total. The molecule has 26 heavy (non-hydrogen) atoms. The Balaban J connectivity index is 1.76. The number of nitrogens with one attached hydrogen (secondary N) is 1. The number of hydrogen-bond acceptors (Lipinski definition) is 5. The fraction of sp³-hybridized carbons (Fsp3) is 0.500. The predicted octanol–water partition coefficient (Wildman–Crippen LogP) is 2.90. The first-order valence-corrected chi connectivity index (χ1v) is 9.38. The molecule has 0 radical (unpaired) electrons. The van der Waals surface area contributed by atoms with Crippen molar-refractivity contribution in [3.8, 4) is 11.4 Å². The smallest absolute Gasteiger partial charge is 0.223 e. The molecule has 3 rings (SSSR count). The molecule has 1 amide bonds. The zero-order valence-corrected chi connectivity index (χ0v) is 15.8. The fourth-order valence-corrected chi connectivity index (χ4v) is 3.29. The minimum Gasteiger partial charge on any atom is -0.356 e. The van der Waals surface area contributed by atoms with Crippen molar-refractivity contribution in [1.82, 2.24) is 20.3 Å². The van der Waals surface area contributed by atoms with Gasteiger partial charge in [-0.1, -0.05) is 6.92 Å². The van der Waals surface area contributed by atoms with E-state index in [1.165, 1.54) is 0 Å². The SMILES string of the molecule is CCCNC(=O)C1CCN(c2nc(-c3cccnc3)nc(C)c2C)CC1. The average molecular weight is 353 g/mol. The van der Waals surface area contributed by atoms with Gasteiger partial charge in [-0.05, 0) is 45.2 Å². The lowest BCUT2D eigenvalue weighted by molar-refractivity contribution is -0.125. The number of pyridine rings is 1. The maximum absolute atomic E-state index is 12.2. The van der Waals surface area contributed by atoms with Gasteiger partial charge in [0.15, 0.2) is 5.82 Å². The molecule has 2 aromatic rings. The lowest BCUT2D eigenvalue weighted by Crippen LogP contribution is -2.41. The zero-order chi connectivity index (χ0) is 18.5. The molecule has 1 fully saturated rings. The highest BCUT2D eigenvalue weighted by Crippen LogP contribution is 2.28. The summed E-state index contributed by atoms with van der Waals surface area (Å²) in [6, 6.07) is 3.87. The third-order valence-corrected chi connectivity index (χ3v) is 5.00. The van der Waals surface area contributed by atoms with Gasteiger partial charge < -0.3 is 10.2 Å². The van der Waals surface area contributed by atoms with E-state index < -0.39 is 0 Å². The maximum Gasteiger partial charge on any atom is 0.223 e. The van der Waals surface area contributed by atoms with Crippen LogP contribution in [0.2, 0.25) is 0 Å². The van der Waals surface area contributed by atoms with Crippen molar-refractivity contribution in [2.45, 2.75) is 40.0 Å². The van der Waals surface area contributed by atoms with E-state index in [0.29, 0.717) is 5.82 Å². The normalized spacial score (nSPS) is 15.1. The standard InChI is InChI=1S/C20H27N5O/c1-4-9-22-20(26)16-7-11-25(12-8-16)19-14(2)15(3)23-18(24-19)17-6-5-10-21-13-17/h5-6,10,13,16H,4,7-9,11-12H2,1-3H3,(H,22,26). The number of rotatable bonds is 5. The summed E-state index contributed by atoms with van der Waals surface area (Å²) in [4.78, 5) is 28.1. The third-order valence-electron chi connectivity index (χ3n) is 5.00. The van der Waals surface area contributed by atoms with E-state index >= 15 is 0 Å². The summed E-state index contributed by atoms with van der Waals surface area (Å²) in [6.45, 7) is 8.60. The Kier molecular flexibility index (Phi) is 5.81. The Morgan fingerprint density at radius 3 is 2.69 bits per heavy atom. The van der Waals surface area contributed by atoms with Crippen LogP contribution < -0.4 is 10.2 Å². The Morgan fingerprint density at radius 2 is 2.04 bits per heavy atom.